The van der Waals surface area contributed by atoms with Crippen LogP contribution >= 0.6 is 0 Å². The molecule has 0 aromatic carbocycles. The van der Waals surface area contributed by atoms with Crippen molar-refractivity contribution < 1.29 is 0 Å². The molecule has 1 rings (SSSR count). The summed E-state index contributed by atoms with van der Waals surface area (Å²) in [5.74, 6) is 0. The number of hydrogen-bond donors (Lipinski definition) is 0. The SMILES string of the molecule is CCC1=CC/C=C\C=C/C(C)N=C1. The van der Waals surface area contributed by atoms with Crippen molar-refractivity contribution >= 4 is 6.21 Å². The zero-order chi connectivity index (χ0) is 9.52. The first-order valence-electron chi connectivity index (χ1n) is 4.88. The third-order valence-electron chi connectivity index (χ3n) is 2.04. The Morgan fingerprint density at radius 1 is 1.46 bits per heavy atom. The second-order valence-corrected chi connectivity index (χ2v) is 3.20. The molecule has 0 radical (unpaired) electrons. The number of nitrogens with zero attached hydrogens (tertiary/aromatic N) is 1. The van der Waals surface area contributed by atoms with E-state index in [-0.39, 0.29) is 6.04 Å². The minimum Gasteiger partial charge on any atom is -0.286 e. The Bertz CT molecular complexity index is 256. The summed E-state index contributed by atoms with van der Waals surface area (Å²) in [5.41, 5.74) is 1.33. The fourth-order valence-electron chi connectivity index (χ4n) is 1.15. The van der Waals surface area contributed by atoms with Crippen molar-refractivity contribution in [2.45, 2.75) is 32.7 Å². The summed E-state index contributed by atoms with van der Waals surface area (Å²) in [6.07, 6.45) is 14.7. The summed E-state index contributed by atoms with van der Waals surface area (Å²) in [4.78, 5) is 4.42. The number of allylic oxidation sites excluding steroid dienone is 5. The van der Waals surface area contributed by atoms with Gasteiger partial charge in [0.05, 0.1) is 6.04 Å². The smallest absolute Gasteiger partial charge is 0.0654 e. The van der Waals surface area contributed by atoms with Crippen LogP contribution in [0.4, 0.5) is 0 Å². The Kier molecular flexibility index (Phi) is 4.24. The zero-order valence-electron chi connectivity index (χ0n) is 8.40. The standard InChI is InChI=1S/C12H17N/c1-3-12-9-7-5-4-6-8-11(2)13-10-12/h4-6,8-11H,3,7H2,1-2H3/b5-4-,8-6-,12-9?,13-10?. The van der Waals surface area contributed by atoms with Crippen LogP contribution in [-0.4, -0.2) is 12.3 Å². The number of hydrogen-bond acceptors (Lipinski definition) is 1. The summed E-state index contributed by atoms with van der Waals surface area (Å²) in [6, 6.07) is 0.290. The maximum absolute atomic E-state index is 4.42. The lowest BCUT2D eigenvalue weighted by Gasteiger charge is -2.01. The maximum atomic E-state index is 4.42. The third kappa shape index (κ3) is 3.88. The lowest BCUT2D eigenvalue weighted by molar-refractivity contribution is 0.929. The van der Waals surface area contributed by atoms with E-state index in [0.717, 1.165) is 12.8 Å². The second-order valence-electron chi connectivity index (χ2n) is 3.20. The van der Waals surface area contributed by atoms with Crippen molar-refractivity contribution in [3.8, 4) is 0 Å². The van der Waals surface area contributed by atoms with Crippen LogP contribution < -0.4 is 0 Å². The molecule has 0 bridgehead atoms. The van der Waals surface area contributed by atoms with Gasteiger partial charge in [-0.15, -0.1) is 0 Å². The molecule has 0 spiro atoms. The van der Waals surface area contributed by atoms with Gasteiger partial charge in [-0.3, -0.25) is 4.99 Å². The van der Waals surface area contributed by atoms with Crippen LogP contribution in [0.25, 0.3) is 0 Å². The molecular weight excluding hydrogens is 158 g/mol. The monoisotopic (exact) mass is 175 g/mol. The highest BCUT2D eigenvalue weighted by atomic mass is 14.7. The Hall–Kier alpha value is -1.11. The van der Waals surface area contributed by atoms with E-state index in [1.165, 1.54) is 5.57 Å². The zero-order valence-corrected chi connectivity index (χ0v) is 8.40. The summed E-state index contributed by atoms with van der Waals surface area (Å²) >= 11 is 0. The van der Waals surface area contributed by atoms with Gasteiger partial charge in [0.2, 0.25) is 0 Å². The van der Waals surface area contributed by atoms with Gasteiger partial charge in [-0.25, -0.2) is 0 Å². The van der Waals surface area contributed by atoms with Crippen LogP contribution in [0, 0.1) is 0 Å². The molecule has 0 aromatic heterocycles. The van der Waals surface area contributed by atoms with E-state index < -0.39 is 0 Å². The van der Waals surface area contributed by atoms with Gasteiger partial charge in [-0.05, 0) is 25.3 Å². The molecule has 70 valence electrons. The first kappa shape index (κ1) is 9.97. The lowest BCUT2D eigenvalue weighted by Crippen LogP contribution is -1.94. The van der Waals surface area contributed by atoms with Crippen molar-refractivity contribution in [3.05, 3.63) is 36.0 Å². The Morgan fingerprint density at radius 3 is 3.08 bits per heavy atom. The van der Waals surface area contributed by atoms with Crippen LogP contribution in [0.15, 0.2) is 40.9 Å². The minimum atomic E-state index is 0.290. The van der Waals surface area contributed by atoms with Gasteiger partial charge in [0.1, 0.15) is 0 Å². The van der Waals surface area contributed by atoms with Gasteiger partial charge < -0.3 is 0 Å². The molecule has 1 aliphatic heterocycles. The van der Waals surface area contributed by atoms with E-state index in [2.05, 4.69) is 49.2 Å². The van der Waals surface area contributed by atoms with Crippen molar-refractivity contribution in [1.82, 2.24) is 0 Å². The Morgan fingerprint density at radius 2 is 2.31 bits per heavy atom. The summed E-state index contributed by atoms with van der Waals surface area (Å²) < 4.78 is 0. The van der Waals surface area contributed by atoms with Crippen LogP contribution in [0.3, 0.4) is 0 Å². The molecule has 1 nitrogen and oxygen atoms in total. The molecule has 1 heteroatoms. The molecule has 1 unspecified atom stereocenters. The van der Waals surface area contributed by atoms with Gasteiger partial charge in [-0.1, -0.05) is 37.3 Å². The maximum Gasteiger partial charge on any atom is 0.0654 e. The van der Waals surface area contributed by atoms with Gasteiger partial charge in [-0.2, -0.15) is 0 Å². The molecule has 0 N–H and O–H groups in total. The average Bonchev–Trinajstić information content (AvgIpc) is 2.16. The first-order valence-corrected chi connectivity index (χ1v) is 4.88. The molecule has 0 amide bonds. The van der Waals surface area contributed by atoms with Gasteiger partial charge in [0.25, 0.3) is 0 Å². The predicted molar refractivity (Wildman–Crippen MR) is 59.2 cm³/mol. The molecule has 1 aliphatic rings. The normalized spacial score (nSPS) is 27.8. The highest BCUT2D eigenvalue weighted by molar-refractivity contribution is 5.78. The van der Waals surface area contributed by atoms with E-state index in [9.17, 15) is 0 Å². The lowest BCUT2D eigenvalue weighted by atomic mass is 10.1. The van der Waals surface area contributed by atoms with Crippen molar-refractivity contribution in [3.63, 3.8) is 0 Å². The molecule has 0 fully saturated rings. The number of aliphatic imine (C=N–C) groups is 1. The quantitative estimate of drug-likeness (QED) is 0.580. The first-order chi connectivity index (χ1) is 6.33. The van der Waals surface area contributed by atoms with Gasteiger partial charge >= 0.3 is 0 Å². The molecule has 13 heavy (non-hydrogen) atoms. The predicted octanol–water partition coefficient (Wildman–Crippen LogP) is 3.30. The highest BCUT2D eigenvalue weighted by Crippen LogP contribution is 2.03. The highest BCUT2D eigenvalue weighted by Gasteiger charge is 1.92. The molecule has 0 aromatic rings. The van der Waals surface area contributed by atoms with Crippen molar-refractivity contribution in [2.75, 3.05) is 0 Å². The molecule has 0 saturated heterocycles. The van der Waals surface area contributed by atoms with E-state index in [4.69, 9.17) is 0 Å². The van der Waals surface area contributed by atoms with Crippen molar-refractivity contribution in [1.29, 1.82) is 0 Å². The summed E-state index contributed by atoms with van der Waals surface area (Å²) in [6.45, 7) is 4.25. The van der Waals surface area contributed by atoms with E-state index in [1.54, 1.807) is 0 Å². The van der Waals surface area contributed by atoms with E-state index in [0.29, 0.717) is 0 Å². The van der Waals surface area contributed by atoms with Crippen molar-refractivity contribution in [2.24, 2.45) is 4.99 Å². The summed E-state index contributed by atoms with van der Waals surface area (Å²) in [5, 5.41) is 0. The summed E-state index contributed by atoms with van der Waals surface area (Å²) in [7, 11) is 0. The topological polar surface area (TPSA) is 12.4 Å². The fourth-order valence-corrected chi connectivity index (χ4v) is 1.15. The largest absolute Gasteiger partial charge is 0.286 e. The average molecular weight is 175 g/mol. The fraction of sp³-hybridized carbons (Fsp3) is 0.417. The van der Waals surface area contributed by atoms with Gasteiger partial charge in [0, 0.05) is 6.21 Å². The molecule has 1 heterocycles. The Balaban J connectivity index is 2.74. The van der Waals surface area contributed by atoms with E-state index in [1.807, 2.05) is 6.21 Å². The third-order valence-corrected chi connectivity index (χ3v) is 2.04. The van der Waals surface area contributed by atoms with Crippen LogP contribution in [0.2, 0.25) is 0 Å². The van der Waals surface area contributed by atoms with Crippen LogP contribution in [-0.2, 0) is 0 Å². The van der Waals surface area contributed by atoms with Crippen LogP contribution in [0.5, 0.6) is 0 Å². The van der Waals surface area contributed by atoms with Crippen LogP contribution in [0.1, 0.15) is 26.7 Å². The Labute approximate surface area is 80.6 Å². The molecule has 0 aliphatic carbocycles. The molecule has 0 saturated carbocycles. The number of rotatable bonds is 1. The molecule has 1 atom stereocenters. The van der Waals surface area contributed by atoms with E-state index >= 15 is 0 Å². The van der Waals surface area contributed by atoms with Gasteiger partial charge in [0.15, 0.2) is 0 Å². The second kappa shape index (κ2) is 5.52. The minimum absolute atomic E-state index is 0.290. The molecular formula is C12H17N.